The summed E-state index contributed by atoms with van der Waals surface area (Å²) in [7, 11) is 0. The van der Waals surface area contributed by atoms with Crippen molar-refractivity contribution in [1.82, 2.24) is 15.2 Å². The van der Waals surface area contributed by atoms with Gasteiger partial charge >= 0.3 is 0 Å². The van der Waals surface area contributed by atoms with Crippen LogP contribution >= 0.6 is 11.8 Å². The van der Waals surface area contributed by atoms with E-state index >= 15 is 0 Å². The van der Waals surface area contributed by atoms with Gasteiger partial charge in [-0.1, -0.05) is 54.2 Å². The molecule has 0 radical (unpaired) electrons. The minimum atomic E-state index is -0.0870. The van der Waals surface area contributed by atoms with Crippen molar-refractivity contribution < 1.29 is 4.79 Å². The lowest BCUT2D eigenvalue weighted by Gasteiger charge is -2.08. The van der Waals surface area contributed by atoms with E-state index in [9.17, 15) is 4.79 Å². The van der Waals surface area contributed by atoms with Gasteiger partial charge in [-0.25, -0.2) is 0 Å². The fraction of sp³-hybridized carbons (Fsp3) is 0.0526. The molecule has 0 spiro atoms. The molecule has 2 aromatic heterocycles. The number of benzene rings is 2. The lowest BCUT2D eigenvalue weighted by atomic mass is 10.2. The lowest BCUT2D eigenvalue weighted by Crippen LogP contribution is -2.14. The van der Waals surface area contributed by atoms with E-state index in [1.807, 2.05) is 54.6 Å². The van der Waals surface area contributed by atoms with Gasteiger partial charge in [-0.05, 0) is 12.1 Å². The van der Waals surface area contributed by atoms with Crippen LogP contribution in [0, 0.1) is 0 Å². The Morgan fingerprint density at radius 2 is 1.80 bits per heavy atom. The Bertz CT molecular complexity index is 1060. The van der Waals surface area contributed by atoms with E-state index in [0.29, 0.717) is 0 Å². The number of fused-ring (bicyclic) bond motifs is 2. The van der Waals surface area contributed by atoms with E-state index < -0.39 is 0 Å². The van der Waals surface area contributed by atoms with Gasteiger partial charge in [0.2, 0.25) is 5.91 Å². The van der Waals surface area contributed by atoms with E-state index in [0.717, 1.165) is 32.4 Å². The molecule has 0 atom stereocenters. The average molecular weight is 346 g/mol. The van der Waals surface area contributed by atoms with Gasteiger partial charge in [0, 0.05) is 22.4 Å². The zero-order valence-corrected chi connectivity index (χ0v) is 14.0. The zero-order valence-electron chi connectivity index (χ0n) is 13.2. The van der Waals surface area contributed by atoms with Gasteiger partial charge in [0.1, 0.15) is 5.03 Å². The van der Waals surface area contributed by atoms with Crippen LogP contribution in [0.25, 0.3) is 21.7 Å². The summed E-state index contributed by atoms with van der Waals surface area (Å²) in [6.45, 7) is 0. The van der Waals surface area contributed by atoms with Crippen molar-refractivity contribution in [2.24, 2.45) is 0 Å². The number of rotatable bonds is 4. The van der Waals surface area contributed by atoms with E-state index in [4.69, 9.17) is 0 Å². The molecule has 25 heavy (non-hydrogen) atoms. The van der Waals surface area contributed by atoms with Gasteiger partial charge in [0.15, 0.2) is 0 Å². The topological polar surface area (TPSA) is 67.8 Å². The van der Waals surface area contributed by atoms with Gasteiger partial charge < -0.3 is 5.32 Å². The number of carbonyl (C=O) groups is 1. The van der Waals surface area contributed by atoms with Crippen molar-refractivity contribution in [3.8, 4) is 0 Å². The molecule has 1 amide bonds. The molecular formula is C19H14N4OS. The fourth-order valence-corrected chi connectivity index (χ4v) is 3.42. The number of para-hydroxylation sites is 1. The Hall–Kier alpha value is -2.99. The summed E-state index contributed by atoms with van der Waals surface area (Å²) in [5.41, 5.74) is 1.62. The Balaban J connectivity index is 1.50. The molecule has 2 aromatic carbocycles. The smallest absolute Gasteiger partial charge is 0.234 e. The maximum absolute atomic E-state index is 12.4. The monoisotopic (exact) mass is 346 g/mol. The Morgan fingerprint density at radius 3 is 2.72 bits per heavy atom. The molecule has 0 bridgehead atoms. The molecule has 6 heteroatoms. The molecule has 4 aromatic rings. The van der Waals surface area contributed by atoms with E-state index in [-0.39, 0.29) is 11.7 Å². The largest absolute Gasteiger partial charge is 0.325 e. The first-order valence-electron chi connectivity index (χ1n) is 7.78. The normalized spacial score (nSPS) is 10.9. The Labute approximate surface area is 148 Å². The molecule has 122 valence electrons. The summed E-state index contributed by atoms with van der Waals surface area (Å²) in [4.78, 5) is 16.7. The van der Waals surface area contributed by atoms with Crippen LogP contribution in [-0.4, -0.2) is 26.8 Å². The summed E-state index contributed by atoms with van der Waals surface area (Å²) in [6, 6.07) is 17.4. The number of pyridine rings is 1. The number of anilines is 1. The highest BCUT2D eigenvalue weighted by Crippen LogP contribution is 2.25. The summed E-state index contributed by atoms with van der Waals surface area (Å²) < 4.78 is 0. The third kappa shape index (κ3) is 3.29. The maximum atomic E-state index is 12.4. The van der Waals surface area contributed by atoms with Crippen LogP contribution in [0.2, 0.25) is 0 Å². The molecule has 0 aliphatic rings. The van der Waals surface area contributed by atoms with Crippen LogP contribution in [-0.2, 0) is 4.79 Å². The molecule has 4 rings (SSSR count). The van der Waals surface area contributed by atoms with E-state index in [1.165, 1.54) is 11.8 Å². The highest BCUT2D eigenvalue weighted by atomic mass is 32.2. The summed E-state index contributed by atoms with van der Waals surface area (Å²) in [5.74, 6) is 0.176. The summed E-state index contributed by atoms with van der Waals surface area (Å²) in [5, 5.41) is 14.8. The zero-order chi connectivity index (χ0) is 17.1. The Morgan fingerprint density at radius 1 is 1.00 bits per heavy atom. The predicted molar refractivity (Wildman–Crippen MR) is 101 cm³/mol. The van der Waals surface area contributed by atoms with Crippen LogP contribution < -0.4 is 5.32 Å². The third-order valence-corrected chi connectivity index (χ3v) is 4.78. The number of hydrogen-bond donors (Lipinski definition) is 1. The molecule has 2 heterocycles. The first-order valence-corrected chi connectivity index (χ1v) is 8.77. The highest BCUT2D eigenvalue weighted by Gasteiger charge is 2.09. The van der Waals surface area contributed by atoms with Crippen molar-refractivity contribution in [3.63, 3.8) is 0 Å². The average Bonchev–Trinajstić information content (AvgIpc) is 2.66. The van der Waals surface area contributed by atoms with Crippen LogP contribution in [0.1, 0.15) is 0 Å². The van der Waals surface area contributed by atoms with Gasteiger partial charge in [0.05, 0.1) is 23.2 Å². The molecule has 1 N–H and O–H groups in total. The first kappa shape index (κ1) is 15.5. The number of thioether (sulfide) groups is 1. The second kappa shape index (κ2) is 6.86. The molecule has 5 nitrogen and oxygen atoms in total. The first-order chi connectivity index (χ1) is 12.3. The highest BCUT2D eigenvalue weighted by molar-refractivity contribution is 8.00. The van der Waals surface area contributed by atoms with Gasteiger partial charge in [-0.2, -0.15) is 5.10 Å². The molecule has 0 aliphatic carbocycles. The number of aromatic nitrogens is 3. The molecule has 0 saturated heterocycles. The molecule has 0 aliphatic heterocycles. The fourth-order valence-electron chi connectivity index (χ4n) is 2.63. The van der Waals surface area contributed by atoms with Gasteiger partial charge in [-0.3, -0.25) is 9.78 Å². The maximum Gasteiger partial charge on any atom is 0.234 e. The van der Waals surface area contributed by atoms with Crippen LogP contribution in [0.15, 0.2) is 72.0 Å². The van der Waals surface area contributed by atoms with Gasteiger partial charge in [-0.15, -0.1) is 5.10 Å². The van der Waals surface area contributed by atoms with Crippen LogP contribution in [0.4, 0.5) is 5.69 Å². The second-order valence-electron chi connectivity index (χ2n) is 5.45. The van der Waals surface area contributed by atoms with Crippen LogP contribution in [0.3, 0.4) is 0 Å². The quantitative estimate of drug-likeness (QED) is 0.568. The minimum Gasteiger partial charge on any atom is -0.325 e. The van der Waals surface area contributed by atoms with Gasteiger partial charge in [0.25, 0.3) is 0 Å². The third-order valence-electron chi connectivity index (χ3n) is 3.80. The summed E-state index contributed by atoms with van der Waals surface area (Å²) in [6.07, 6.45) is 3.42. The van der Waals surface area contributed by atoms with Crippen molar-refractivity contribution in [2.75, 3.05) is 11.1 Å². The predicted octanol–water partition coefficient (Wildman–Crippen LogP) is 3.91. The molecule has 0 saturated carbocycles. The number of amides is 1. The van der Waals surface area contributed by atoms with Crippen molar-refractivity contribution >= 4 is 45.0 Å². The molecule has 0 unspecified atom stereocenters. The molecule has 0 fully saturated rings. The van der Waals surface area contributed by atoms with Crippen molar-refractivity contribution in [3.05, 3.63) is 67.0 Å². The number of hydrogen-bond acceptors (Lipinski definition) is 5. The summed E-state index contributed by atoms with van der Waals surface area (Å²) >= 11 is 1.38. The Kier molecular flexibility index (Phi) is 4.26. The van der Waals surface area contributed by atoms with Crippen LogP contribution in [0.5, 0.6) is 0 Å². The van der Waals surface area contributed by atoms with E-state index in [1.54, 1.807) is 12.4 Å². The van der Waals surface area contributed by atoms with E-state index in [2.05, 4.69) is 20.5 Å². The molecular weight excluding hydrogens is 332 g/mol. The minimum absolute atomic E-state index is 0.0870. The standard InChI is InChI=1S/C19H14N4OS/c24-18(22-17-9-10-20-16-8-4-3-7-15(16)17)12-25-19-14-6-2-1-5-13(14)11-21-23-19/h1-11H,12H2,(H,20,22,24). The van der Waals surface area contributed by atoms with Crippen molar-refractivity contribution in [2.45, 2.75) is 5.03 Å². The number of nitrogens with zero attached hydrogens (tertiary/aromatic N) is 3. The lowest BCUT2D eigenvalue weighted by molar-refractivity contribution is -0.113. The SMILES string of the molecule is O=C(CSc1nncc2ccccc12)Nc1ccnc2ccccc12. The number of nitrogens with one attached hydrogen (secondary N) is 1. The number of carbonyl (C=O) groups excluding carboxylic acids is 1. The van der Waals surface area contributed by atoms with Crippen molar-refractivity contribution in [1.29, 1.82) is 0 Å². The second-order valence-corrected chi connectivity index (χ2v) is 6.41.